The number of nitrogens with one attached hydrogen (secondary N) is 2. The fourth-order valence-electron chi connectivity index (χ4n) is 0.665. The molecule has 1 unspecified atom stereocenters. The number of carbonyl (C=O) groups is 1. The molecule has 0 radical (unpaired) electrons. The van der Waals surface area contributed by atoms with Crippen LogP contribution in [-0.2, 0) is 4.79 Å². The van der Waals surface area contributed by atoms with Gasteiger partial charge < -0.3 is 0 Å². The zero-order valence-electron chi connectivity index (χ0n) is 7.18. The summed E-state index contributed by atoms with van der Waals surface area (Å²) in [5, 5.41) is 0. The van der Waals surface area contributed by atoms with Gasteiger partial charge in [0.25, 0.3) is 0 Å². The molecule has 0 aromatic heterocycles. The van der Waals surface area contributed by atoms with Gasteiger partial charge in [-0.15, -0.1) is 6.58 Å². The molecule has 0 aliphatic carbocycles. The molecule has 0 heterocycles. The number of rotatable bonds is 5. The highest BCUT2D eigenvalue weighted by atomic mass is 16.2. The fourth-order valence-corrected chi connectivity index (χ4v) is 0.665. The van der Waals surface area contributed by atoms with E-state index in [1.54, 1.807) is 0 Å². The zero-order chi connectivity index (χ0) is 8.69. The Labute approximate surface area is 67.8 Å². The predicted octanol–water partition coefficient (Wildman–Crippen LogP) is 0.982. The van der Waals surface area contributed by atoms with Crippen LogP contribution >= 0.6 is 0 Å². The summed E-state index contributed by atoms with van der Waals surface area (Å²) in [5.74, 6) is -0.0598. The van der Waals surface area contributed by atoms with E-state index in [9.17, 15) is 4.79 Å². The molecule has 0 saturated heterocycles. The Morgan fingerprint density at radius 3 is 2.82 bits per heavy atom. The summed E-state index contributed by atoms with van der Waals surface area (Å²) in [4.78, 5) is 10.4. The van der Waals surface area contributed by atoms with Gasteiger partial charge in [0.15, 0.2) is 0 Å². The van der Waals surface area contributed by atoms with Gasteiger partial charge in [-0.2, -0.15) is 0 Å². The first-order valence-electron chi connectivity index (χ1n) is 3.79. The molecular formula is C8H16N2O. The summed E-state index contributed by atoms with van der Waals surface area (Å²) in [7, 11) is 0. The lowest BCUT2D eigenvalue weighted by atomic mass is 10.2. The van der Waals surface area contributed by atoms with Crippen molar-refractivity contribution in [2.75, 3.05) is 0 Å². The van der Waals surface area contributed by atoms with Gasteiger partial charge in [-0.1, -0.05) is 6.08 Å². The minimum atomic E-state index is -0.0598. The Morgan fingerprint density at radius 2 is 2.36 bits per heavy atom. The highest BCUT2D eigenvalue weighted by Gasteiger charge is 1.98. The summed E-state index contributed by atoms with van der Waals surface area (Å²) < 4.78 is 0. The number of allylic oxidation sites excluding steroid dienone is 1. The molecule has 0 fully saturated rings. The van der Waals surface area contributed by atoms with E-state index in [0.717, 1.165) is 12.8 Å². The van der Waals surface area contributed by atoms with Gasteiger partial charge in [-0.05, 0) is 19.8 Å². The van der Waals surface area contributed by atoms with E-state index >= 15 is 0 Å². The first kappa shape index (κ1) is 10.2. The highest BCUT2D eigenvalue weighted by Crippen LogP contribution is 1.94. The summed E-state index contributed by atoms with van der Waals surface area (Å²) in [6, 6.07) is 0.303. The summed E-state index contributed by atoms with van der Waals surface area (Å²) >= 11 is 0. The lowest BCUT2D eigenvalue weighted by Crippen LogP contribution is -2.41. The molecule has 0 aromatic rings. The van der Waals surface area contributed by atoms with E-state index in [1.807, 2.05) is 13.0 Å². The summed E-state index contributed by atoms with van der Waals surface area (Å²) in [6.45, 7) is 7.11. The second-order valence-corrected chi connectivity index (χ2v) is 2.59. The van der Waals surface area contributed by atoms with Crippen LogP contribution < -0.4 is 10.9 Å². The minimum Gasteiger partial charge on any atom is -0.292 e. The molecular weight excluding hydrogens is 140 g/mol. The average Bonchev–Trinajstić information content (AvgIpc) is 1.97. The maximum absolute atomic E-state index is 10.4. The Hall–Kier alpha value is -0.830. The van der Waals surface area contributed by atoms with E-state index in [1.165, 1.54) is 6.92 Å². The Balaban J connectivity index is 3.28. The second kappa shape index (κ2) is 5.92. The molecule has 2 N–H and O–H groups in total. The van der Waals surface area contributed by atoms with Crippen LogP contribution in [-0.4, -0.2) is 11.9 Å². The van der Waals surface area contributed by atoms with Crippen molar-refractivity contribution in [2.24, 2.45) is 0 Å². The Bertz CT molecular complexity index is 134. The Morgan fingerprint density at radius 1 is 1.73 bits per heavy atom. The maximum Gasteiger partial charge on any atom is 0.230 e. The van der Waals surface area contributed by atoms with Crippen molar-refractivity contribution in [3.05, 3.63) is 12.7 Å². The lowest BCUT2D eigenvalue weighted by Gasteiger charge is -2.11. The number of hydrazine groups is 1. The smallest absolute Gasteiger partial charge is 0.230 e. The SMILES string of the molecule is C=CCCC(C)NNC(C)=O. The third-order valence-corrected chi connectivity index (χ3v) is 1.30. The van der Waals surface area contributed by atoms with Gasteiger partial charge in [-0.3, -0.25) is 10.2 Å². The predicted molar refractivity (Wildman–Crippen MR) is 45.8 cm³/mol. The quantitative estimate of drug-likeness (QED) is 0.460. The molecule has 64 valence electrons. The van der Waals surface area contributed by atoms with Crippen LogP contribution in [0.15, 0.2) is 12.7 Å². The van der Waals surface area contributed by atoms with E-state index in [-0.39, 0.29) is 5.91 Å². The third kappa shape index (κ3) is 7.06. The molecule has 1 amide bonds. The Kier molecular flexibility index (Phi) is 5.47. The number of carbonyl (C=O) groups excluding carboxylic acids is 1. The third-order valence-electron chi connectivity index (χ3n) is 1.30. The standard InChI is InChI=1S/C8H16N2O/c1-4-5-6-7(2)9-10-8(3)11/h4,7,9H,1,5-6H2,2-3H3,(H,10,11). The van der Waals surface area contributed by atoms with E-state index in [0.29, 0.717) is 6.04 Å². The monoisotopic (exact) mass is 156 g/mol. The van der Waals surface area contributed by atoms with Crippen LogP contribution in [0.3, 0.4) is 0 Å². The van der Waals surface area contributed by atoms with Crippen molar-refractivity contribution < 1.29 is 4.79 Å². The average molecular weight is 156 g/mol. The maximum atomic E-state index is 10.4. The molecule has 0 spiro atoms. The number of hydrogen-bond donors (Lipinski definition) is 2. The first-order valence-corrected chi connectivity index (χ1v) is 3.79. The molecule has 0 rings (SSSR count). The first-order chi connectivity index (χ1) is 5.16. The molecule has 0 aliphatic heterocycles. The molecule has 0 aromatic carbocycles. The lowest BCUT2D eigenvalue weighted by molar-refractivity contribution is -0.120. The van der Waals surface area contributed by atoms with Crippen LogP contribution in [0.1, 0.15) is 26.7 Å². The molecule has 0 bridgehead atoms. The van der Waals surface area contributed by atoms with E-state index in [2.05, 4.69) is 17.4 Å². The summed E-state index contributed by atoms with van der Waals surface area (Å²) in [6.07, 6.45) is 3.82. The van der Waals surface area contributed by atoms with Crippen molar-refractivity contribution in [1.29, 1.82) is 0 Å². The van der Waals surface area contributed by atoms with Gasteiger partial charge in [0.1, 0.15) is 0 Å². The molecule has 11 heavy (non-hydrogen) atoms. The second-order valence-electron chi connectivity index (χ2n) is 2.59. The molecule has 1 atom stereocenters. The minimum absolute atomic E-state index is 0.0598. The van der Waals surface area contributed by atoms with Crippen LogP contribution in [0.25, 0.3) is 0 Å². The van der Waals surface area contributed by atoms with Crippen LogP contribution in [0, 0.1) is 0 Å². The number of hydrogen-bond acceptors (Lipinski definition) is 2. The molecule has 0 saturated carbocycles. The van der Waals surface area contributed by atoms with Crippen molar-refractivity contribution in [1.82, 2.24) is 10.9 Å². The van der Waals surface area contributed by atoms with Crippen molar-refractivity contribution in [3.63, 3.8) is 0 Å². The van der Waals surface area contributed by atoms with Gasteiger partial charge in [-0.25, -0.2) is 5.43 Å². The topological polar surface area (TPSA) is 41.1 Å². The van der Waals surface area contributed by atoms with Crippen LogP contribution in [0.5, 0.6) is 0 Å². The van der Waals surface area contributed by atoms with Gasteiger partial charge >= 0.3 is 0 Å². The van der Waals surface area contributed by atoms with Gasteiger partial charge in [0.05, 0.1) is 0 Å². The van der Waals surface area contributed by atoms with E-state index in [4.69, 9.17) is 0 Å². The van der Waals surface area contributed by atoms with Crippen LogP contribution in [0.2, 0.25) is 0 Å². The summed E-state index contributed by atoms with van der Waals surface area (Å²) in [5.41, 5.74) is 5.40. The van der Waals surface area contributed by atoms with Gasteiger partial charge in [0, 0.05) is 13.0 Å². The highest BCUT2D eigenvalue weighted by molar-refractivity contribution is 5.72. The normalized spacial score (nSPS) is 12.2. The molecule has 3 nitrogen and oxygen atoms in total. The van der Waals surface area contributed by atoms with Gasteiger partial charge in [0.2, 0.25) is 5.91 Å². The van der Waals surface area contributed by atoms with Crippen molar-refractivity contribution in [3.8, 4) is 0 Å². The van der Waals surface area contributed by atoms with Crippen molar-refractivity contribution >= 4 is 5.91 Å². The molecule has 0 aliphatic rings. The molecule has 3 heteroatoms. The van der Waals surface area contributed by atoms with Crippen molar-refractivity contribution in [2.45, 2.75) is 32.7 Å². The van der Waals surface area contributed by atoms with E-state index < -0.39 is 0 Å². The fraction of sp³-hybridized carbons (Fsp3) is 0.625. The zero-order valence-corrected chi connectivity index (χ0v) is 7.18. The van der Waals surface area contributed by atoms with Crippen LogP contribution in [0.4, 0.5) is 0 Å². The largest absolute Gasteiger partial charge is 0.292 e. The number of amides is 1.